The summed E-state index contributed by atoms with van der Waals surface area (Å²) in [7, 11) is 0. The van der Waals surface area contributed by atoms with E-state index in [4.69, 9.17) is 4.74 Å². The van der Waals surface area contributed by atoms with Crippen LogP contribution in [0.1, 0.15) is 23.7 Å². The Hall–Kier alpha value is -2.25. The minimum absolute atomic E-state index is 0.0297. The molecule has 126 valence electrons. The van der Waals surface area contributed by atoms with Crippen molar-refractivity contribution in [1.82, 2.24) is 25.4 Å². The third kappa shape index (κ3) is 3.05. The van der Waals surface area contributed by atoms with Gasteiger partial charge in [0.1, 0.15) is 6.33 Å². The lowest BCUT2D eigenvalue weighted by Crippen LogP contribution is -2.45. The van der Waals surface area contributed by atoms with Crippen molar-refractivity contribution in [1.29, 1.82) is 0 Å². The van der Waals surface area contributed by atoms with Crippen LogP contribution in [0.15, 0.2) is 30.6 Å². The van der Waals surface area contributed by atoms with Crippen molar-refractivity contribution in [2.75, 3.05) is 19.7 Å². The first-order chi connectivity index (χ1) is 11.7. The Kier molecular flexibility index (Phi) is 4.03. The van der Waals surface area contributed by atoms with Crippen molar-refractivity contribution in [2.45, 2.75) is 31.5 Å². The summed E-state index contributed by atoms with van der Waals surface area (Å²) in [6.07, 6.45) is 2.70. The number of amides is 1. The van der Waals surface area contributed by atoms with Gasteiger partial charge in [-0.1, -0.05) is 12.1 Å². The van der Waals surface area contributed by atoms with E-state index < -0.39 is 0 Å². The maximum Gasteiger partial charge on any atom is 0.251 e. The Morgan fingerprint density at radius 3 is 2.92 bits per heavy atom. The number of carbonyl (C=O) groups excluding carboxylic acids is 1. The zero-order valence-corrected chi connectivity index (χ0v) is 13.6. The Labute approximate surface area is 140 Å². The lowest BCUT2D eigenvalue weighted by atomic mass is 10.1. The summed E-state index contributed by atoms with van der Waals surface area (Å²) in [5, 5.41) is 9.80. The number of hydrogen-bond donors (Lipinski definition) is 2. The van der Waals surface area contributed by atoms with Crippen LogP contribution in [0.5, 0.6) is 0 Å². The molecule has 1 aromatic heterocycles. The quantitative estimate of drug-likeness (QED) is 0.881. The Morgan fingerprint density at radius 2 is 2.17 bits per heavy atom. The molecule has 0 saturated carbocycles. The molecule has 2 N–H and O–H groups in total. The van der Waals surface area contributed by atoms with E-state index in [1.165, 1.54) is 6.33 Å². The molecule has 2 aliphatic rings. The molecule has 0 spiro atoms. The highest BCUT2D eigenvalue weighted by Gasteiger charge is 2.36. The van der Waals surface area contributed by atoms with Gasteiger partial charge < -0.3 is 10.1 Å². The van der Waals surface area contributed by atoms with Crippen molar-refractivity contribution in [3.8, 4) is 11.4 Å². The number of rotatable bonds is 3. The number of ether oxygens (including phenoxy) is 1. The topological polar surface area (TPSA) is 83.1 Å². The number of fused-ring (bicyclic) bond motifs is 1. The Balaban J connectivity index is 1.38. The molecule has 3 atom stereocenters. The Morgan fingerprint density at radius 1 is 1.33 bits per heavy atom. The van der Waals surface area contributed by atoms with Crippen LogP contribution in [0, 0.1) is 0 Å². The second kappa shape index (κ2) is 6.33. The molecule has 2 aliphatic heterocycles. The van der Waals surface area contributed by atoms with Crippen LogP contribution in [0.2, 0.25) is 0 Å². The number of benzene rings is 1. The van der Waals surface area contributed by atoms with Crippen molar-refractivity contribution in [2.24, 2.45) is 0 Å². The van der Waals surface area contributed by atoms with Crippen LogP contribution < -0.4 is 5.32 Å². The van der Waals surface area contributed by atoms with Gasteiger partial charge in [-0.15, -0.1) is 0 Å². The molecule has 4 rings (SSSR count). The second-order valence-electron chi connectivity index (χ2n) is 6.57. The zero-order chi connectivity index (χ0) is 16.5. The maximum absolute atomic E-state index is 12.5. The summed E-state index contributed by atoms with van der Waals surface area (Å²) in [6, 6.07) is 8.01. The SMILES string of the molecule is C[C@H]1CN2C[C@@H](NC(=O)c3ccc(-c4ncn[nH]4)cc3)C[C@H]2CO1. The summed E-state index contributed by atoms with van der Waals surface area (Å²) < 4.78 is 5.71. The number of H-pyrrole nitrogens is 1. The third-order valence-corrected chi connectivity index (χ3v) is 4.76. The van der Waals surface area contributed by atoms with Gasteiger partial charge in [0.15, 0.2) is 5.82 Å². The average Bonchev–Trinajstić information content (AvgIpc) is 3.23. The summed E-state index contributed by atoms with van der Waals surface area (Å²) in [4.78, 5) is 19.0. The van der Waals surface area contributed by atoms with Gasteiger partial charge in [0.05, 0.1) is 12.7 Å². The smallest absolute Gasteiger partial charge is 0.251 e. The molecular formula is C17H21N5O2. The molecule has 2 saturated heterocycles. The minimum atomic E-state index is -0.0297. The van der Waals surface area contributed by atoms with Gasteiger partial charge in [0, 0.05) is 36.3 Å². The summed E-state index contributed by atoms with van der Waals surface area (Å²) >= 11 is 0. The monoisotopic (exact) mass is 327 g/mol. The first kappa shape index (κ1) is 15.3. The van der Waals surface area contributed by atoms with Crippen molar-refractivity contribution in [3.63, 3.8) is 0 Å². The van der Waals surface area contributed by atoms with E-state index in [0.29, 0.717) is 17.4 Å². The minimum Gasteiger partial charge on any atom is -0.376 e. The lowest BCUT2D eigenvalue weighted by molar-refractivity contribution is -0.0390. The van der Waals surface area contributed by atoms with Gasteiger partial charge in [0.2, 0.25) is 0 Å². The molecule has 2 fully saturated rings. The van der Waals surface area contributed by atoms with Crippen LogP contribution in [-0.4, -0.2) is 63.9 Å². The number of aromatic amines is 1. The van der Waals surface area contributed by atoms with Gasteiger partial charge in [-0.25, -0.2) is 4.98 Å². The van der Waals surface area contributed by atoms with Crippen LogP contribution in [0.4, 0.5) is 0 Å². The molecule has 1 amide bonds. The van der Waals surface area contributed by atoms with Crippen LogP contribution in [0.3, 0.4) is 0 Å². The number of morpholine rings is 1. The van der Waals surface area contributed by atoms with Crippen LogP contribution >= 0.6 is 0 Å². The fourth-order valence-electron chi connectivity index (χ4n) is 3.54. The number of nitrogens with one attached hydrogen (secondary N) is 2. The molecule has 7 nitrogen and oxygen atoms in total. The van der Waals surface area contributed by atoms with Crippen LogP contribution in [0.25, 0.3) is 11.4 Å². The standard InChI is InChI=1S/C17H21N5O2/c1-11-7-22-8-14(6-15(22)9-24-11)20-17(23)13-4-2-12(3-5-13)16-18-10-19-21-16/h2-5,10-11,14-15H,6-9H2,1H3,(H,20,23)(H,18,19,21)/t11-,14-,15-/m0/s1. The molecule has 0 bridgehead atoms. The van der Waals surface area contributed by atoms with E-state index in [2.05, 4.69) is 32.3 Å². The molecule has 7 heteroatoms. The highest BCUT2D eigenvalue weighted by atomic mass is 16.5. The summed E-state index contributed by atoms with van der Waals surface area (Å²) in [5.41, 5.74) is 1.57. The molecule has 0 aliphatic carbocycles. The molecular weight excluding hydrogens is 306 g/mol. The molecule has 0 unspecified atom stereocenters. The van der Waals surface area contributed by atoms with Gasteiger partial charge in [0.25, 0.3) is 5.91 Å². The van der Waals surface area contributed by atoms with Gasteiger partial charge in [-0.3, -0.25) is 14.8 Å². The predicted octanol–water partition coefficient (Wildman–Crippen LogP) is 1.06. The fourth-order valence-corrected chi connectivity index (χ4v) is 3.54. The molecule has 3 heterocycles. The van der Waals surface area contributed by atoms with Crippen molar-refractivity contribution >= 4 is 5.91 Å². The fraction of sp³-hybridized carbons (Fsp3) is 0.471. The van der Waals surface area contributed by atoms with E-state index in [1.807, 2.05) is 24.3 Å². The van der Waals surface area contributed by atoms with Crippen molar-refractivity contribution < 1.29 is 9.53 Å². The van der Waals surface area contributed by atoms with E-state index in [-0.39, 0.29) is 18.1 Å². The molecule has 2 aromatic rings. The van der Waals surface area contributed by atoms with E-state index in [1.54, 1.807) is 0 Å². The molecule has 24 heavy (non-hydrogen) atoms. The van der Waals surface area contributed by atoms with Gasteiger partial charge in [-0.05, 0) is 25.5 Å². The normalized spacial score (nSPS) is 27.0. The van der Waals surface area contributed by atoms with Gasteiger partial charge in [-0.2, -0.15) is 5.10 Å². The number of nitrogens with zero attached hydrogens (tertiary/aromatic N) is 3. The van der Waals surface area contributed by atoms with E-state index in [9.17, 15) is 4.79 Å². The van der Waals surface area contributed by atoms with E-state index in [0.717, 1.165) is 31.7 Å². The third-order valence-electron chi connectivity index (χ3n) is 4.76. The number of aromatic nitrogens is 3. The van der Waals surface area contributed by atoms with Crippen LogP contribution in [-0.2, 0) is 4.74 Å². The zero-order valence-electron chi connectivity index (χ0n) is 13.6. The summed E-state index contributed by atoms with van der Waals surface area (Å²) in [6.45, 7) is 4.71. The highest BCUT2D eigenvalue weighted by Crippen LogP contribution is 2.23. The average molecular weight is 327 g/mol. The lowest BCUT2D eigenvalue weighted by Gasteiger charge is -2.33. The number of hydrogen-bond acceptors (Lipinski definition) is 5. The molecule has 0 radical (unpaired) electrons. The van der Waals surface area contributed by atoms with Crippen molar-refractivity contribution in [3.05, 3.63) is 36.2 Å². The largest absolute Gasteiger partial charge is 0.376 e. The second-order valence-corrected chi connectivity index (χ2v) is 6.57. The first-order valence-corrected chi connectivity index (χ1v) is 8.31. The Bertz CT molecular complexity index is 700. The molecule has 1 aromatic carbocycles. The number of carbonyl (C=O) groups is 1. The highest BCUT2D eigenvalue weighted by molar-refractivity contribution is 5.94. The summed E-state index contributed by atoms with van der Waals surface area (Å²) in [5.74, 6) is 0.668. The first-order valence-electron chi connectivity index (χ1n) is 8.31. The van der Waals surface area contributed by atoms with Gasteiger partial charge >= 0.3 is 0 Å². The maximum atomic E-state index is 12.5. The van der Waals surface area contributed by atoms with E-state index >= 15 is 0 Å². The predicted molar refractivity (Wildman–Crippen MR) is 88.5 cm³/mol.